The maximum Gasteiger partial charge on any atom is 0.274 e. The van der Waals surface area contributed by atoms with Crippen LogP contribution in [0.5, 0.6) is 5.75 Å². The zero-order valence-corrected chi connectivity index (χ0v) is 27.5. The van der Waals surface area contributed by atoms with E-state index in [4.69, 9.17) is 9.26 Å². The molecule has 0 radical (unpaired) electrons. The minimum Gasteiger partial charge on any atom is -0.491 e. The SMILES string of the molecule is Cc1ccc(CNC(=O)C(COc2cccc(C=C(C#N)C(=O)NC(C)(C)C)c2)NC(=O)C(NC(=O)c2cc(C)on2)C(C)O)c(F)c1. The summed E-state index contributed by atoms with van der Waals surface area (Å²) < 4.78 is 25.2. The average molecular weight is 663 g/mol. The lowest BCUT2D eigenvalue weighted by molar-refractivity contribution is -0.132. The summed E-state index contributed by atoms with van der Waals surface area (Å²) in [6.45, 7) is 9.30. The molecule has 48 heavy (non-hydrogen) atoms. The van der Waals surface area contributed by atoms with Crippen molar-refractivity contribution in [3.8, 4) is 11.8 Å². The molecule has 0 fully saturated rings. The first-order valence-corrected chi connectivity index (χ1v) is 15.0. The van der Waals surface area contributed by atoms with Gasteiger partial charge in [0.2, 0.25) is 11.8 Å². The molecular weight excluding hydrogens is 623 g/mol. The third-order valence-corrected chi connectivity index (χ3v) is 6.65. The number of aliphatic hydroxyl groups is 1. The van der Waals surface area contributed by atoms with E-state index in [1.165, 1.54) is 37.3 Å². The van der Waals surface area contributed by atoms with E-state index in [0.29, 0.717) is 16.9 Å². The highest BCUT2D eigenvalue weighted by molar-refractivity contribution is 6.02. The number of nitriles is 1. The summed E-state index contributed by atoms with van der Waals surface area (Å²) in [6, 6.07) is 11.2. The quantitative estimate of drug-likeness (QED) is 0.135. The highest BCUT2D eigenvalue weighted by Gasteiger charge is 2.31. The molecule has 4 amide bonds. The van der Waals surface area contributed by atoms with Crippen LogP contribution in [0, 0.1) is 31.0 Å². The van der Waals surface area contributed by atoms with E-state index in [1.807, 2.05) is 6.07 Å². The molecule has 0 aliphatic rings. The molecule has 0 saturated heterocycles. The fraction of sp³-hybridized carbons (Fsp3) is 0.353. The summed E-state index contributed by atoms with van der Waals surface area (Å²) in [6.07, 6.45) is -0.0102. The fourth-order valence-electron chi connectivity index (χ4n) is 4.24. The van der Waals surface area contributed by atoms with Crippen LogP contribution in [-0.2, 0) is 20.9 Å². The highest BCUT2D eigenvalue weighted by Crippen LogP contribution is 2.17. The Morgan fingerprint density at radius 2 is 1.81 bits per heavy atom. The summed E-state index contributed by atoms with van der Waals surface area (Å²) in [4.78, 5) is 51.8. The van der Waals surface area contributed by atoms with Crippen LogP contribution in [0.4, 0.5) is 4.39 Å². The van der Waals surface area contributed by atoms with Crippen molar-refractivity contribution in [1.29, 1.82) is 5.26 Å². The van der Waals surface area contributed by atoms with E-state index in [0.717, 1.165) is 0 Å². The minimum absolute atomic E-state index is 0.118. The van der Waals surface area contributed by atoms with E-state index in [2.05, 4.69) is 26.4 Å². The molecule has 254 valence electrons. The Bertz CT molecular complexity index is 1720. The van der Waals surface area contributed by atoms with Crippen molar-refractivity contribution in [2.45, 2.75) is 71.8 Å². The van der Waals surface area contributed by atoms with Crippen LogP contribution in [0.2, 0.25) is 0 Å². The predicted molar refractivity (Wildman–Crippen MR) is 173 cm³/mol. The van der Waals surface area contributed by atoms with Crippen LogP contribution in [0.3, 0.4) is 0 Å². The number of aliphatic hydroxyl groups excluding tert-OH is 1. The molecule has 2 aromatic carbocycles. The Hall–Kier alpha value is -5.55. The first kappa shape index (κ1) is 36.9. The third-order valence-electron chi connectivity index (χ3n) is 6.65. The van der Waals surface area contributed by atoms with Crippen LogP contribution in [0.15, 0.2) is 58.6 Å². The Morgan fingerprint density at radius 1 is 1.08 bits per heavy atom. The Morgan fingerprint density at radius 3 is 2.42 bits per heavy atom. The highest BCUT2D eigenvalue weighted by atomic mass is 19.1. The summed E-state index contributed by atoms with van der Waals surface area (Å²) in [5, 5.41) is 33.6. The first-order chi connectivity index (χ1) is 22.6. The topological polar surface area (TPSA) is 196 Å². The van der Waals surface area contributed by atoms with Gasteiger partial charge in [-0.3, -0.25) is 19.2 Å². The van der Waals surface area contributed by atoms with Crippen molar-refractivity contribution >= 4 is 29.7 Å². The van der Waals surface area contributed by atoms with Gasteiger partial charge in [-0.1, -0.05) is 29.4 Å². The van der Waals surface area contributed by atoms with Crippen LogP contribution in [0.25, 0.3) is 6.08 Å². The number of nitrogens with zero attached hydrogens (tertiary/aromatic N) is 2. The molecule has 1 aromatic heterocycles. The number of rotatable bonds is 13. The maximum absolute atomic E-state index is 14.4. The van der Waals surface area contributed by atoms with Gasteiger partial charge in [-0.25, -0.2) is 4.39 Å². The Labute approximate surface area is 277 Å². The number of hydrogen-bond acceptors (Lipinski definition) is 9. The van der Waals surface area contributed by atoms with Gasteiger partial charge < -0.3 is 35.6 Å². The third kappa shape index (κ3) is 11.1. The number of aryl methyl sites for hydroxylation is 2. The second kappa shape index (κ2) is 16.3. The van der Waals surface area contributed by atoms with E-state index in [-0.39, 0.29) is 29.1 Å². The lowest BCUT2D eigenvalue weighted by Gasteiger charge is -2.24. The molecule has 5 N–H and O–H groups in total. The van der Waals surface area contributed by atoms with E-state index < -0.39 is 59.8 Å². The number of carbonyl (C=O) groups is 4. The van der Waals surface area contributed by atoms with E-state index in [9.17, 15) is 33.9 Å². The molecule has 3 rings (SSSR count). The summed E-state index contributed by atoms with van der Waals surface area (Å²) in [7, 11) is 0. The number of aromatic nitrogens is 1. The van der Waals surface area contributed by atoms with Gasteiger partial charge in [-0.15, -0.1) is 0 Å². The standard InChI is InChI=1S/C34H39FN6O7/c1-19-10-11-23(26(35)12-19)17-37-31(44)28(38-33(46)29(21(3)42)39-32(45)27-13-20(2)48-41-27)18-47-25-9-7-8-22(15-25)14-24(16-36)30(43)40-34(4,5)6/h7-15,21,28-29,42H,17-18H2,1-6H3,(H,37,44)(H,38,46)(H,39,45)(H,40,43). The van der Waals surface area contributed by atoms with Gasteiger partial charge in [0.05, 0.1) is 6.10 Å². The van der Waals surface area contributed by atoms with Gasteiger partial charge >= 0.3 is 0 Å². The van der Waals surface area contributed by atoms with Crippen LogP contribution >= 0.6 is 0 Å². The molecule has 0 aliphatic heterocycles. The summed E-state index contributed by atoms with van der Waals surface area (Å²) >= 11 is 0. The minimum atomic E-state index is -1.50. The molecule has 3 atom stereocenters. The van der Waals surface area contributed by atoms with E-state index in [1.54, 1.807) is 58.9 Å². The van der Waals surface area contributed by atoms with Crippen molar-refractivity contribution < 1.29 is 37.9 Å². The summed E-state index contributed by atoms with van der Waals surface area (Å²) in [5.74, 6) is -2.94. The molecule has 0 spiro atoms. The number of nitrogens with one attached hydrogen (secondary N) is 4. The Balaban J connectivity index is 1.81. The van der Waals surface area contributed by atoms with Crippen LogP contribution < -0.4 is 26.0 Å². The van der Waals surface area contributed by atoms with Crippen molar-refractivity contribution in [2.75, 3.05) is 6.61 Å². The van der Waals surface area contributed by atoms with E-state index >= 15 is 0 Å². The molecule has 3 unspecified atom stereocenters. The molecule has 1 heterocycles. The molecule has 3 aromatic rings. The number of benzene rings is 2. The Kier molecular flexibility index (Phi) is 12.6. The summed E-state index contributed by atoms with van der Waals surface area (Å²) in [5.41, 5.74) is 0.540. The van der Waals surface area contributed by atoms with Gasteiger partial charge in [-0.2, -0.15) is 5.26 Å². The van der Waals surface area contributed by atoms with Gasteiger partial charge in [0.15, 0.2) is 5.69 Å². The average Bonchev–Trinajstić information content (AvgIpc) is 3.45. The lowest BCUT2D eigenvalue weighted by atomic mass is 10.1. The number of amides is 4. The second-order valence-corrected chi connectivity index (χ2v) is 12.1. The molecule has 0 aliphatic carbocycles. The van der Waals surface area contributed by atoms with Gasteiger partial charge in [-0.05, 0) is 76.9 Å². The van der Waals surface area contributed by atoms with Crippen LogP contribution in [-0.4, -0.2) is 64.2 Å². The molecule has 13 nitrogen and oxygen atoms in total. The van der Waals surface area contributed by atoms with Gasteiger partial charge in [0, 0.05) is 23.7 Å². The number of carbonyl (C=O) groups excluding carboxylic acids is 4. The largest absolute Gasteiger partial charge is 0.491 e. The lowest BCUT2D eigenvalue weighted by Crippen LogP contribution is -2.58. The zero-order valence-electron chi connectivity index (χ0n) is 27.5. The maximum atomic E-state index is 14.4. The molecule has 0 bridgehead atoms. The van der Waals surface area contributed by atoms with Crippen molar-refractivity contribution in [1.82, 2.24) is 26.4 Å². The number of hydrogen-bond donors (Lipinski definition) is 5. The van der Waals surface area contributed by atoms with Crippen molar-refractivity contribution in [2.24, 2.45) is 0 Å². The fourth-order valence-corrected chi connectivity index (χ4v) is 4.24. The van der Waals surface area contributed by atoms with Crippen LogP contribution in [0.1, 0.15) is 60.6 Å². The molecule has 14 heteroatoms. The normalized spacial score (nSPS) is 13.4. The molecular formula is C34H39FN6O7. The zero-order chi connectivity index (χ0) is 35.6. The molecule has 0 saturated carbocycles. The van der Waals surface area contributed by atoms with Gasteiger partial charge in [0.1, 0.15) is 47.7 Å². The first-order valence-electron chi connectivity index (χ1n) is 15.0. The van der Waals surface area contributed by atoms with Crippen molar-refractivity contribution in [3.63, 3.8) is 0 Å². The monoisotopic (exact) mass is 662 g/mol. The smallest absolute Gasteiger partial charge is 0.274 e. The van der Waals surface area contributed by atoms with Gasteiger partial charge in [0.25, 0.3) is 11.8 Å². The van der Waals surface area contributed by atoms with Crippen molar-refractivity contribution in [3.05, 3.63) is 88.1 Å². The second-order valence-electron chi connectivity index (χ2n) is 12.1. The number of halogens is 1. The number of ether oxygens (including phenoxy) is 1. The predicted octanol–water partition coefficient (Wildman–Crippen LogP) is 2.61.